The number of fused-ring (bicyclic) bond motifs is 1. The number of aliphatic hydroxyl groups excluding tert-OH is 1. The van der Waals surface area contributed by atoms with Crippen LogP contribution in [0.2, 0.25) is 0 Å². The average molecular weight is 290 g/mol. The van der Waals surface area contributed by atoms with Crippen LogP contribution in [0.3, 0.4) is 0 Å². The molecule has 0 saturated heterocycles. The maximum Gasteiger partial charge on any atom is 0.230 e. The summed E-state index contributed by atoms with van der Waals surface area (Å²) in [6.45, 7) is 2.21. The summed E-state index contributed by atoms with van der Waals surface area (Å²) >= 11 is 1.43. The Kier molecular flexibility index (Phi) is 5.38. The molecular formula is C15H18N2O2S. The van der Waals surface area contributed by atoms with Crippen molar-refractivity contribution in [3.05, 3.63) is 36.5 Å². The van der Waals surface area contributed by atoms with Gasteiger partial charge in [-0.15, -0.1) is 0 Å². The molecule has 0 aliphatic rings. The topological polar surface area (TPSA) is 62.2 Å². The first-order valence-electron chi connectivity index (χ1n) is 6.58. The fourth-order valence-corrected chi connectivity index (χ4v) is 2.66. The lowest BCUT2D eigenvalue weighted by molar-refractivity contribution is -0.118. The van der Waals surface area contributed by atoms with Gasteiger partial charge in [-0.25, -0.2) is 4.98 Å². The Morgan fingerprint density at radius 3 is 3.00 bits per heavy atom. The van der Waals surface area contributed by atoms with Crippen LogP contribution in [0.1, 0.15) is 13.3 Å². The number of amides is 1. The highest BCUT2D eigenvalue weighted by Gasteiger charge is 2.07. The molecule has 0 aliphatic heterocycles. The Morgan fingerprint density at radius 1 is 1.40 bits per heavy atom. The zero-order chi connectivity index (χ0) is 14.4. The number of carbonyl (C=O) groups is 1. The number of hydrogen-bond donors (Lipinski definition) is 2. The predicted octanol–water partition coefficient (Wildman–Crippen LogP) is 2.21. The molecule has 0 spiro atoms. The van der Waals surface area contributed by atoms with E-state index < -0.39 is 0 Å². The molecule has 20 heavy (non-hydrogen) atoms. The van der Waals surface area contributed by atoms with Crippen molar-refractivity contribution in [3.8, 4) is 0 Å². The van der Waals surface area contributed by atoms with E-state index in [1.807, 2.05) is 30.3 Å². The van der Waals surface area contributed by atoms with E-state index in [2.05, 4.69) is 10.3 Å². The third kappa shape index (κ3) is 4.21. The molecule has 106 valence electrons. The number of aliphatic hydroxyl groups is 1. The van der Waals surface area contributed by atoms with Crippen molar-refractivity contribution in [3.63, 3.8) is 0 Å². The van der Waals surface area contributed by atoms with E-state index in [4.69, 9.17) is 5.11 Å². The van der Waals surface area contributed by atoms with Crippen LogP contribution in [-0.2, 0) is 4.79 Å². The lowest BCUT2D eigenvalue weighted by Gasteiger charge is -2.07. The molecule has 1 aromatic heterocycles. The molecule has 0 radical (unpaired) electrons. The van der Waals surface area contributed by atoms with Crippen molar-refractivity contribution in [2.75, 3.05) is 12.3 Å². The monoisotopic (exact) mass is 290 g/mol. The summed E-state index contributed by atoms with van der Waals surface area (Å²) in [6.07, 6.45) is 1.95. The lowest BCUT2D eigenvalue weighted by Crippen LogP contribution is -2.27. The SMILES string of the molecule is CC(O)CCNC(=O)CSc1nccc2ccccc12. The van der Waals surface area contributed by atoms with Crippen LogP contribution in [0.4, 0.5) is 0 Å². The predicted molar refractivity (Wildman–Crippen MR) is 81.8 cm³/mol. The number of benzene rings is 1. The number of hydrogen-bond acceptors (Lipinski definition) is 4. The van der Waals surface area contributed by atoms with Crippen LogP contribution in [0.25, 0.3) is 10.8 Å². The third-order valence-corrected chi connectivity index (χ3v) is 3.87. The van der Waals surface area contributed by atoms with Gasteiger partial charge in [0.25, 0.3) is 0 Å². The summed E-state index contributed by atoms with van der Waals surface area (Å²) < 4.78 is 0. The summed E-state index contributed by atoms with van der Waals surface area (Å²) in [4.78, 5) is 16.0. The van der Waals surface area contributed by atoms with Crippen molar-refractivity contribution in [2.24, 2.45) is 0 Å². The zero-order valence-corrected chi connectivity index (χ0v) is 12.2. The minimum atomic E-state index is -0.386. The second-order valence-corrected chi connectivity index (χ2v) is 5.58. The normalized spacial score (nSPS) is 12.3. The first-order valence-corrected chi connectivity index (χ1v) is 7.56. The Hall–Kier alpha value is -1.59. The molecule has 4 nitrogen and oxygen atoms in total. The fourth-order valence-electron chi connectivity index (χ4n) is 1.81. The van der Waals surface area contributed by atoms with E-state index >= 15 is 0 Å². The number of carbonyl (C=O) groups excluding carboxylic acids is 1. The summed E-state index contributed by atoms with van der Waals surface area (Å²) in [5, 5.41) is 15.0. The smallest absolute Gasteiger partial charge is 0.230 e. The van der Waals surface area contributed by atoms with Gasteiger partial charge < -0.3 is 10.4 Å². The molecule has 2 N–H and O–H groups in total. The van der Waals surface area contributed by atoms with Crippen LogP contribution in [0.5, 0.6) is 0 Å². The first-order chi connectivity index (χ1) is 9.66. The largest absolute Gasteiger partial charge is 0.393 e. The van der Waals surface area contributed by atoms with Gasteiger partial charge >= 0.3 is 0 Å². The van der Waals surface area contributed by atoms with Gasteiger partial charge in [0.05, 0.1) is 11.9 Å². The van der Waals surface area contributed by atoms with Crippen molar-refractivity contribution in [1.82, 2.24) is 10.3 Å². The summed E-state index contributed by atoms with van der Waals surface area (Å²) in [5.41, 5.74) is 0. The van der Waals surface area contributed by atoms with Gasteiger partial charge in [-0.2, -0.15) is 0 Å². The number of rotatable bonds is 6. The Balaban J connectivity index is 1.91. The van der Waals surface area contributed by atoms with E-state index in [-0.39, 0.29) is 12.0 Å². The van der Waals surface area contributed by atoms with Crippen molar-refractivity contribution in [2.45, 2.75) is 24.5 Å². The second-order valence-electron chi connectivity index (χ2n) is 4.61. The Morgan fingerprint density at radius 2 is 2.20 bits per heavy atom. The van der Waals surface area contributed by atoms with Gasteiger partial charge in [0.2, 0.25) is 5.91 Å². The fraction of sp³-hybridized carbons (Fsp3) is 0.333. The van der Waals surface area contributed by atoms with Gasteiger partial charge in [0.15, 0.2) is 0 Å². The molecule has 1 aromatic carbocycles. The summed E-state index contributed by atoms with van der Waals surface area (Å²) in [7, 11) is 0. The summed E-state index contributed by atoms with van der Waals surface area (Å²) in [6, 6.07) is 9.96. The number of nitrogens with zero attached hydrogens (tertiary/aromatic N) is 1. The minimum Gasteiger partial charge on any atom is -0.393 e. The minimum absolute atomic E-state index is 0.0367. The molecule has 1 heterocycles. The van der Waals surface area contributed by atoms with E-state index in [0.717, 1.165) is 15.8 Å². The average Bonchev–Trinajstić information content (AvgIpc) is 2.44. The third-order valence-electron chi connectivity index (χ3n) is 2.86. The molecule has 2 aromatic rings. The van der Waals surface area contributed by atoms with E-state index in [1.165, 1.54) is 11.8 Å². The standard InChI is InChI=1S/C15H18N2O2S/c1-11(18)6-8-16-14(19)10-20-15-13-5-3-2-4-12(13)7-9-17-15/h2-5,7,9,11,18H,6,8,10H2,1H3,(H,16,19). The van der Waals surface area contributed by atoms with Crippen molar-refractivity contribution < 1.29 is 9.90 Å². The maximum atomic E-state index is 11.7. The number of nitrogens with one attached hydrogen (secondary N) is 1. The van der Waals surface area contributed by atoms with Gasteiger partial charge in [0, 0.05) is 18.1 Å². The molecule has 0 saturated carbocycles. The van der Waals surface area contributed by atoms with Crippen LogP contribution >= 0.6 is 11.8 Å². The van der Waals surface area contributed by atoms with Gasteiger partial charge in [-0.3, -0.25) is 4.79 Å². The summed E-state index contributed by atoms with van der Waals surface area (Å²) in [5.74, 6) is 0.297. The number of thioether (sulfide) groups is 1. The zero-order valence-electron chi connectivity index (χ0n) is 11.4. The molecule has 2 rings (SSSR count). The van der Waals surface area contributed by atoms with Crippen LogP contribution in [-0.4, -0.2) is 34.4 Å². The van der Waals surface area contributed by atoms with Crippen molar-refractivity contribution in [1.29, 1.82) is 0 Å². The molecule has 1 atom stereocenters. The van der Waals surface area contributed by atoms with Gasteiger partial charge in [-0.1, -0.05) is 36.0 Å². The molecule has 0 bridgehead atoms. The maximum absolute atomic E-state index is 11.7. The highest BCUT2D eigenvalue weighted by molar-refractivity contribution is 8.00. The van der Waals surface area contributed by atoms with Crippen LogP contribution < -0.4 is 5.32 Å². The Bertz CT molecular complexity index is 582. The molecule has 1 amide bonds. The number of pyridine rings is 1. The number of aromatic nitrogens is 1. The highest BCUT2D eigenvalue weighted by Crippen LogP contribution is 2.25. The quantitative estimate of drug-likeness (QED) is 0.801. The lowest BCUT2D eigenvalue weighted by atomic mass is 10.2. The van der Waals surface area contributed by atoms with Crippen molar-refractivity contribution >= 4 is 28.4 Å². The molecule has 0 fully saturated rings. The van der Waals surface area contributed by atoms with E-state index in [0.29, 0.717) is 18.7 Å². The molecule has 1 unspecified atom stereocenters. The van der Waals surface area contributed by atoms with Gasteiger partial charge in [-0.05, 0) is 24.8 Å². The van der Waals surface area contributed by atoms with E-state index in [9.17, 15) is 4.79 Å². The molecule has 5 heteroatoms. The van der Waals surface area contributed by atoms with E-state index in [1.54, 1.807) is 13.1 Å². The van der Waals surface area contributed by atoms with Gasteiger partial charge in [0.1, 0.15) is 5.03 Å². The molecular weight excluding hydrogens is 272 g/mol. The van der Waals surface area contributed by atoms with Crippen LogP contribution in [0, 0.1) is 0 Å². The van der Waals surface area contributed by atoms with Crippen LogP contribution in [0.15, 0.2) is 41.6 Å². The first kappa shape index (κ1) is 14.8. The highest BCUT2D eigenvalue weighted by atomic mass is 32.2. The second kappa shape index (κ2) is 7.26. The Labute approximate surface area is 122 Å². The molecule has 0 aliphatic carbocycles.